The van der Waals surface area contributed by atoms with Crippen molar-refractivity contribution in [1.82, 2.24) is 0 Å². The van der Waals surface area contributed by atoms with Crippen molar-refractivity contribution in [3.63, 3.8) is 0 Å². The lowest BCUT2D eigenvalue weighted by Crippen LogP contribution is -2.44. The number of benzene rings is 1. The predicted octanol–water partition coefficient (Wildman–Crippen LogP) is 3.85. The zero-order valence-electron chi connectivity index (χ0n) is 18.1. The van der Waals surface area contributed by atoms with Gasteiger partial charge >= 0.3 is 11.9 Å². The number of rotatable bonds is 7. The number of hydrogen-bond acceptors (Lipinski definition) is 5. The van der Waals surface area contributed by atoms with Crippen LogP contribution >= 0.6 is 0 Å². The summed E-state index contributed by atoms with van der Waals surface area (Å²) in [6.07, 6.45) is 2.50. The van der Waals surface area contributed by atoms with Gasteiger partial charge in [-0.1, -0.05) is 57.5 Å². The van der Waals surface area contributed by atoms with Crippen LogP contribution in [0.3, 0.4) is 0 Å². The molecule has 1 saturated carbocycles. The van der Waals surface area contributed by atoms with Crippen LogP contribution in [0.1, 0.15) is 59.4 Å². The van der Waals surface area contributed by atoms with E-state index in [4.69, 9.17) is 9.47 Å². The van der Waals surface area contributed by atoms with Gasteiger partial charge < -0.3 is 14.7 Å². The molecule has 0 unspecified atom stereocenters. The Balaban J connectivity index is 2.18. The first-order valence-electron chi connectivity index (χ1n) is 10.4. The SMILES string of the molecule is CCOC(=O)C/[N+]([O-])=C(\C)C(=O)O[C@@H]1C[C@H](C)CC[C@H]1C(C)(C)c1ccccc1. The molecule has 1 aromatic rings. The molecule has 1 aliphatic carbocycles. The molecule has 0 bridgehead atoms. The van der Waals surface area contributed by atoms with E-state index in [2.05, 4.69) is 32.9 Å². The predicted molar refractivity (Wildman–Crippen MR) is 112 cm³/mol. The minimum atomic E-state index is -0.669. The molecule has 0 aliphatic heterocycles. The molecule has 0 amide bonds. The lowest BCUT2D eigenvalue weighted by Gasteiger charge is -2.43. The largest absolute Gasteiger partial charge is 0.623 e. The molecule has 29 heavy (non-hydrogen) atoms. The van der Waals surface area contributed by atoms with Crippen molar-refractivity contribution < 1.29 is 23.8 Å². The standard InChI is InChI=1S/C23H33NO5/c1-6-28-21(25)15-24(27)17(3)22(26)29-20-14-16(2)12-13-19(20)23(4,5)18-10-8-7-9-11-18/h7-11,16,19-20H,6,12-15H2,1-5H3/b24-17-/t16-,19-,20-/m1/s1. The Hall–Kier alpha value is -2.37. The fourth-order valence-electron chi connectivity index (χ4n) is 4.13. The third-order valence-electron chi connectivity index (χ3n) is 6.00. The lowest BCUT2D eigenvalue weighted by atomic mass is 9.64. The Morgan fingerprint density at radius 3 is 2.48 bits per heavy atom. The molecule has 3 atom stereocenters. The maximum Gasteiger partial charge on any atom is 0.399 e. The molecule has 1 aromatic carbocycles. The van der Waals surface area contributed by atoms with Crippen LogP contribution < -0.4 is 0 Å². The summed E-state index contributed by atoms with van der Waals surface area (Å²) in [5.41, 5.74) is 0.893. The fraction of sp³-hybridized carbons (Fsp3) is 0.609. The first-order chi connectivity index (χ1) is 13.7. The molecule has 6 nitrogen and oxygen atoms in total. The van der Waals surface area contributed by atoms with Gasteiger partial charge in [-0.3, -0.25) is 0 Å². The number of esters is 2. The van der Waals surface area contributed by atoms with Gasteiger partial charge in [0.05, 0.1) is 6.61 Å². The lowest BCUT2D eigenvalue weighted by molar-refractivity contribution is -0.448. The Kier molecular flexibility index (Phi) is 7.82. The summed E-state index contributed by atoms with van der Waals surface area (Å²) in [4.78, 5) is 24.2. The normalized spacial score (nSPS) is 23.1. The highest BCUT2D eigenvalue weighted by Crippen LogP contribution is 2.43. The van der Waals surface area contributed by atoms with E-state index in [0.717, 1.165) is 19.3 Å². The summed E-state index contributed by atoms with van der Waals surface area (Å²) in [6, 6.07) is 10.2. The molecule has 6 heteroatoms. The smallest absolute Gasteiger partial charge is 0.399 e. The van der Waals surface area contributed by atoms with Gasteiger partial charge in [-0.15, -0.1) is 0 Å². The van der Waals surface area contributed by atoms with Crippen molar-refractivity contribution in [3.8, 4) is 0 Å². The zero-order valence-corrected chi connectivity index (χ0v) is 18.1. The van der Waals surface area contributed by atoms with E-state index >= 15 is 0 Å². The molecule has 1 fully saturated rings. The Bertz CT molecular complexity index is 741. The minimum Gasteiger partial charge on any atom is -0.623 e. The van der Waals surface area contributed by atoms with E-state index in [1.165, 1.54) is 12.5 Å². The van der Waals surface area contributed by atoms with Gasteiger partial charge in [0, 0.05) is 12.8 Å². The summed E-state index contributed by atoms with van der Waals surface area (Å²) in [7, 11) is 0. The maximum atomic E-state index is 12.7. The van der Waals surface area contributed by atoms with E-state index in [1.54, 1.807) is 6.92 Å². The van der Waals surface area contributed by atoms with Crippen LogP contribution in [0.2, 0.25) is 0 Å². The third-order valence-corrected chi connectivity index (χ3v) is 6.00. The number of carbonyl (C=O) groups is 2. The quantitative estimate of drug-likeness (QED) is 0.227. The zero-order chi connectivity index (χ0) is 21.6. The molecule has 160 valence electrons. The van der Waals surface area contributed by atoms with Crippen LogP contribution in [0.4, 0.5) is 0 Å². The van der Waals surface area contributed by atoms with Crippen molar-refractivity contribution in [2.45, 2.75) is 65.4 Å². The van der Waals surface area contributed by atoms with Crippen LogP contribution in [0.25, 0.3) is 0 Å². The fourth-order valence-corrected chi connectivity index (χ4v) is 4.13. The van der Waals surface area contributed by atoms with Gasteiger partial charge in [-0.25, -0.2) is 9.59 Å². The maximum absolute atomic E-state index is 12.7. The summed E-state index contributed by atoms with van der Waals surface area (Å²) in [5, 5.41) is 12.2. The van der Waals surface area contributed by atoms with Crippen molar-refractivity contribution in [2.75, 3.05) is 13.2 Å². The van der Waals surface area contributed by atoms with Crippen LogP contribution in [0, 0.1) is 17.0 Å². The molecular weight excluding hydrogens is 370 g/mol. The van der Waals surface area contributed by atoms with Gasteiger partial charge in [-0.05, 0) is 36.7 Å². The Morgan fingerprint density at radius 1 is 1.21 bits per heavy atom. The molecule has 1 aliphatic rings. The average molecular weight is 404 g/mol. The molecule has 0 saturated heterocycles. The number of carbonyl (C=O) groups excluding carboxylic acids is 2. The van der Waals surface area contributed by atoms with Crippen LogP contribution in [-0.2, 0) is 24.5 Å². The van der Waals surface area contributed by atoms with Crippen molar-refractivity contribution in [3.05, 3.63) is 41.1 Å². The van der Waals surface area contributed by atoms with Crippen LogP contribution in [0.15, 0.2) is 30.3 Å². The topological polar surface area (TPSA) is 78.7 Å². The Morgan fingerprint density at radius 2 is 1.86 bits per heavy atom. The van der Waals surface area contributed by atoms with Gasteiger partial charge in [0.1, 0.15) is 6.10 Å². The van der Waals surface area contributed by atoms with E-state index in [1.807, 2.05) is 18.2 Å². The number of ether oxygens (including phenoxy) is 2. The van der Waals surface area contributed by atoms with Crippen LogP contribution in [-0.4, -0.2) is 41.6 Å². The number of hydroxylamine groups is 1. The molecule has 0 spiro atoms. The molecule has 2 rings (SSSR count). The van der Waals surface area contributed by atoms with E-state index < -0.39 is 18.5 Å². The second-order valence-electron chi connectivity index (χ2n) is 8.48. The second kappa shape index (κ2) is 9.90. The highest BCUT2D eigenvalue weighted by molar-refractivity contribution is 6.33. The minimum absolute atomic E-state index is 0.132. The summed E-state index contributed by atoms with van der Waals surface area (Å²) < 4.78 is 11.0. The molecule has 0 radical (unpaired) electrons. The molecular formula is C23H33NO5. The number of hydrogen-bond donors (Lipinski definition) is 0. The molecule has 0 heterocycles. The second-order valence-corrected chi connectivity index (χ2v) is 8.48. The van der Waals surface area contributed by atoms with E-state index in [0.29, 0.717) is 10.7 Å². The van der Waals surface area contributed by atoms with Gasteiger partial charge in [-0.2, -0.15) is 4.74 Å². The monoisotopic (exact) mass is 403 g/mol. The van der Waals surface area contributed by atoms with Gasteiger partial charge in [0.2, 0.25) is 6.54 Å². The molecule has 0 aromatic heterocycles. The van der Waals surface area contributed by atoms with Crippen molar-refractivity contribution >= 4 is 17.7 Å². The third kappa shape index (κ3) is 5.81. The van der Waals surface area contributed by atoms with E-state index in [-0.39, 0.29) is 29.8 Å². The highest BCUT2D eigenvalue weighted by atomic mass is 16.6. The van der Waals surface area contributed by atoms with Gasteiger partial charge in [0.15, 0.2) is 0 Å². The average Bonchev–Trinajstić information content (AvgIpc) is 2.68. The first kappa shape index (κ1) is 22.9. The summed E-state index contributed by atoms with van der Waals surface area (Å²) in [5.74, 6) is -0.747. The molecule has 0 N–H and O–H groups in total. The van der Waals surface area contributed by atoms with E-state index in [9.17, 15) is 14.8 Å². The number of nitrogens with zero attached hydrogens (tertiary/aromatic N) is 1. The van der Waals surface area contributed by atoms with Crippen molar-refractivity contribution in [1.29, 1.82) is 0 Å². The van der Waals surface area contributed by atoms with Gasteiger partial charge in [0.25, 0.3) is 5.71 Å². The summed E-state index contributed by atoms with van der Waals surface area (Å²) in [6.45, 7) is 9.24. The Labute approximate surface area is 173 Å². The highest BCUT2D eigenvalue weighted by Gasteiger charge is 2.42. The van der Waals surface area contributed by atoms with Crippen LogP contribution in [0.5, 0.6) is 0 Å². The summed E-state index contributed by atoms with van der Waals surface area (Å²) >= 11 is 0. The van der Waals surface area contributed by atoms with Crippen molar-refractivity contribution in [2.24, 2.45) is 11.8 Å². The first-order valence-corrected chi connectivity index (χ1v) is 10.4.